The first kappa shape index (κ1) is 30.6. The SMILES string of the molecule is COCOC(c1ccccc1Br)C(F)(F)C(F)(F)C(F)(F)C(F)(F)C(F)(F)C(F)(F)C(F)(F)F. The van der Waals surface area contributed by atoms with Gasteiger partial charge in [0.2, 0.25) is 0 Å². The van der Waals surface area contributed by atoms with Crippen LogP contribution in [0.1, 0.15) is 11.7 Å². The Labute approximate surface area is 188 Å². The first-order valence-corrected chi connectivity index (χ1v) is 8.94. The van der Waals surface area contributed by atoms with Gasteiger partial charge in [-0.1, -0.05) is 34.1 Å². The summed E-state index contributed by atoms with van der Waals surface area (Å²) in [5.41, 5.74) is -1.16. The molecule has 0 amide bonds. The molecule has 1 unspecified atom stereocenters. The van der Waals surface area contributed by atoms with E-state index in [2.05, 4.69) is 25.4 Å². The molecule has 0 heterocycles. The zero-order valence-corrected chi connectivity index (χ0v) is 17.5. The summed E-state index contributed by atoms with van der Waals surface area (Å²) in [4.78, 5) is 0. The Hall–Kier alpha value is -1.43. The molecule has 1 aromatic carbocycles. The van der Waals surface area contributed by atoms with Crippen LogP contribution < -0.4 is 0 Å². The highest BCUT2D eigenvalue weighted by Crippen LogP contribution is 2.64. The van der Waals surface area contributed by atoms with Crippen LogP contribution in [-0.4, -0.2) is 55.6 Å². The Morgan fingerprint density at radius 2 is 1.09 bits per heavy atom. The van der Waals surface area contributed by atoms with E-state index < -0.39 is 64.6 Å². The monoisotopic (exact) mass is 598 g/mol. The summed E-state index contributed by atoms with van der Waals surface area (Å²) in [6.07, 6.45) is -11.3. The molecule has 0 saturated carbocycles. The van der Waals surface area contributed by atoms with Crippen molar-refractivity contribution in [2.24, 2.45) is 0 Å². The maximum absolute atomic E-state index is 14.6. The van der Waals surface area contributed by atoms with E-state index in [0.717, 1.165) is 18.2 Å². The van der Waals surface area contributed by atoms with Gasteiger partial charge in [-0.05, 0) is 6.07 Å². The highest BCUT2D eigenvalue weighted by molar-refractivity contribution is 9.10. The van der Waals surface area contributed by atoms with Gasteiger partial charge in [-0.2, -0.15) is 65.9 Å². The van der Waals surface area contributed by atoms with Crippen LogP contribution in [0.5, 0.6) is 0 Å². The van der Waals surface area contributed by atoms with E-state index in [4.69, 9.17) is 0 Å². The first-order valence-electron chi connectivity index (χ1n) is 8.15. The van der Waals surface area contributed by atoms with Crippen LogP contribution in [0.2, 0.25) is 0 Å². The normalized spacial score (nSPS) is 16.0. The first-order chi connectivity index (χ1) is 15.0. The summed E-state index contributed by atoms with van der Waals surface area (Å²) in [6, 6.07) is 3.26. The lowest BCUT2D eigenvalue weighted by Crippen LogP contribution is -2.73. The van der Waals surface area contributed by atoms with Crippen molar-refractivity contribution in [1.29, 1.82) is 0 Å². The Bertz CT molecular complexity index is 853. The van der Waals surface area contributed by atoms with Crippen LogP contribution in [0.3, 0.4) is 0 Å². The summed E-state index contributed by atoms with van der Waals surface area (Å²) in [6.45, 7) is -1.40. The number of alkyl halides is 15. The van der Waals surface area contributed by atoms with Crippen LogP contribution >= 0.6 is 15.9 Å². The molecule has 0 N–H and O–H groups in total. The van der Waals surface area contributed by atoms with Crippen molar-refractivity contribution in [3.05, 3.63) is 34.3 Å². The minimum Gasteiger partial charge on any atom is -0.359 e. The summed E-state index contributed by atoms with van der Waals surface area (Å²) in [7, 11) is 0.704. The second-order valence-electron chi connectivity index (χ2n) is 6.47. The average Bonchev–Trinajstić information content (AvgIpc) is 2.67. The molecular weight excluding hydrogens is 589 g/mol. The lowest BCUT2D eigenvalue weighted by Gasteiger charge is -2.43. The van der Waals surface area contributed by atoms with Gasteiger partial charge in [0.1, 0.15) is 6.79 Å². The summed E-state index contributed by atoms with van der Waals surface area (Å²) in [5, 5.41) is 0. The third kappa shape index (κ3) is 4.44. The molecule has 0 saturated heterocycles. The van der Waals surface area contributed by atoms with Crippen molar-refractivity contribution in [3.63, 3.8) is 0 Å². The van der Waals surface area contributed by atoms with Crippen molar-refractivity contribution in [1.82, 2.24) is 0 Å². The van der Waals surface area contributed by atoms with Gasteiger partial charge in [-0.25, -0.2) is 0 Å². The number of ether oxygens (including phenoxy) is 2. The summed E-state index contributed by atoms with van der Waals surface area (Å²) < 4.78 is 209. The van der Waals surface area contributed by atoms with Gasteiger partial charge in [0.05, 0.1) is 0 Å². The highest BCUT2D eigenvalue weighted by Gasteiger charge is 2.93. The zero-order valence-electron chi connectivity index (χ0n) is 16.0. The van der Waals surface area contributed by atoms with Crippen molar-refractivity contribution in [2.75, 3.05) is 13.9 Å². The van der Waals surface area contributed by atoms with E-state index in [9.17, 15) is 65.9 Å². The maximum Gasteiger partial charge on any atom is 0.460 e. The second-order valence-corrected chi connectivity index (χ2v) is 7.32. The molecule has 0 radical (unpaired) electrons. The van der Waals surface area contributed by atoms with E-state index >= 15 is 0 Å². The highest BCUT2D eigenvalue weighted by atomic mass is 79.9. The number of halogens is 16. The predicted octanol–water partition coefficient (Wildman–Crippen LogP) is 7.48. The molecule has 0 aliphatic rings. The fourth-order valence-corrected chi connectivity index (χ4v) is 2.85. The zero-order chi connectivity index (χ0) is 27.2. The van der Waals surface area contributed by atoms with E-state index in [1.165, 1.54) is 0 Å². The van der Waals surface area contributed by atoms with Crippen molar-refractivity contribution < 1.29 is 75.3 Å². The van der Waals surface area contributed by atoms with Crippen LogP contribution in [0.15, 0.2) is 28.7 Å². The number of hydrogen-bond donors (Lipinski definition) is 0. The third-order valence-electron chi connectivity index (χ3n) is 4.22. The smallest absolute Gasteiger partial charge is 0.359 e. The Morgan fingerprint density at radius 1 is 0.676 bits per heavy atom. The van der Waals surface area contributed by atoms with E-state index in [-0.39, 0.29) is 0 Å². The van der Waals surface area contributed by atoms with Gasteiger partial charge in [0, 0.05) is 17.1 Å². The molecule has 0 fully saturated rings. The number of methoxy groups -OCH3 is 1. The Balaban J connectivity index is 3.74. The van der Waals surface area contributed by atoms with E-state index in [0.29, 0.717) is 13.2 Å². The van der Waals surface area contributed by atoms with E-state index in [1.807, 2.05) is 0 Å². The van der Waals surface area contributed by atoms with Crippen LogP contribution in [0, 0.1) is 0 Å². The van der Waals surface area contributed by atoms with Crippen molar-refractivity contribution in [2.45, 2.75) is 47.8 Å². The Kier molecular flexibility index (Phi) is 8.30. The minimum absolute atomic E-state index is 0.511. The van der Waals surface area contributed by atoms with Crippen LogP contribution in [0.4, 0.5) is 65.9 Å². The largest absolute Gasteiger partial charge is 0.460 e. The molecule has 18 heteroatoms. The maximum atomic E-state index is 14.6. The molecule has 0 aromatic heterocycles. The summed E-state index contributed by atoms with van der Waals surface area (Å²) in [5.74, 6) is -47.2. The van der Waals surface area contributed by atoms with Gasteiger partial charge in [-0.15, -0.1) is 0 Å². The van der Waals surface area contributed by atoms with Crippen LogP contribution in [0.25, 0.3) is 0 Å². The topological polar surface area (TPSA) is 18.5 Å². The van der Waals surface area contributed by atoms with Crippen molar-refractivity contribution in [3.8, 4) is 0 Å². The predicted molar refractivity (Wildman–Crippen MR) is 85.6 cm³/mol. The minimum atomic E-state index is -8.37. The van der Waals surface area contributed by atoms with Gasteiger partial charge in [0.15, 0.2) is 6.10 Å². The lowest BCUT2D eigenvalue weighted by atomic mass is 9.87. The van der Waals surface area contributed by atoms with Gasteiger partial charge in [-0.3, -0.25) is 0 Å². The number of hydrogen-bond acceptors (Lipinski definition) is 2. The van der Waals surface area contributed by atoms with Crippen molar-refractivity contribution >= 4 is 15.9 Å². The molecule has 34 heavy (non-hydrogen) atoms. The van der Waals surface area contributed by atoms with Gasteiger partial charge < -0.3 is 9.47 Å². The molecule has 1 rings (SSSR count). The lowest BCUT2D eigenvalue weighted by molar-refractivity contribution is -0.457. The fourth-order valence-electron chi connectivity index (χ4n) is 2.36. The van der Waals surface area contributed by atoms with E-state index in [1.54, 1.807) is 0 Å². The molecule has 1 atom stereocenters. The molecule has 1 aromatic rings. The van der Waals surface area contributed by atoms with Crippen LogP contribution in [-0.2, 0) is 9.47 Å². The van der Waals surface area contributed by atoms with Gasteiger partial charge >= 0.3 is 41.7 Å². The molecule has 0 aliphatic heterocycles. The number of rotatable bonds is 10. The molecule has 0 spiro atoms. The standard InChI is InChI=1S/C16H10BrF15O2/c1-33-6-34-9(7-4-2-3-5-8(7)17)10(18,19)11(20,21)12(22,23)13(24,25)14(26,27)15(28,29)16(30,31)32/h2-5,9H,6H2,1H3. The second kappa shape index (κ2) is 9.22. The number of benzene rings is 1. The molecule has 0 bridgehead atoms. The fraction of sp³-hybridized carbons (Fsp3) is 0.625. The molecule has 198 valence electrons. The quantitative estimate of drug-likeness (QED) is 0.205. The summed E-state index contributed by atoms with van der Waals surface area (Å²) >= 11 is 2.54. The average molecular weight is 599 g/mol. The third-order valence-corrected chi connectivity index (χ3v) is 4.94. The molecule has 0 aliphatic carbocycles. The Morgan fingerprint density at radius 3 is 1.50 bits per heavy atom. The van der Waals surface area contributed by atoms with Gasteiger partial charge in [0.25, 0.3) is 0 Å². The molecule has 2 nitrogen and oxygen atoms in total. The molecular formula is C16H10BrF15O2.